The maximum absolute atomic E-state index is 13.4. The Labute approximate surface area is 133 Å². The van der Waals surface area contributed by atoms with Crippen LogP contribution in [-0.2, 0) is 13.1 Å². The molecule has 0 saturated carbocycles. The zero-order valence-electron chi connectivity index (χ0n) is 12.5. The Hall–Kier alpha value is -2.70. The molecule has 0 fully saturated rings. The molecular weight excluding hydrogens is 293 g/mol. The number of anilines is 1. The fourth-order valence-corrected chi connectivity index (χ4v) is 2.59. The van der Waals surface area contributed by atoms with Crippen molar-refractivity contribution in [1.82, 2.24) is 9.78 Å². The van der Waals surface area contributed by atoms with E-state index in [4.69, 9.17) is 17.2 Å². The molecule has 0 saturated heterocycles. The van der Waals surface area contributed by atoms with Gasteiger partial charge in [0.05, 0.1) is 11.4 Å². The number of nitrogen functional groups attached to an aromatic ring is 1. The van der Waals surface area contributed by atoms with E-state index in [9.17, 15) is 4.39 Å². The van der Waals surface area contributed by atoms with Crippen LogP contribution in [-0.4, -0.2) is 9.78 Å². The van der Waals surface area contributed by atoms with Gasteiger partial charge in [-0.3, -0.25) is 0 Å². The summed E-state index contributed by atoms with van der Waals surface area (Å²) in [6.45, 7) is 0.606. The molecule has 6 heteroatoms. The molecule has 0 bridgehead atoms. The lowest BCUT2D eigenvalue weighted by atomic mass is 10.0. The Bertz CT molecular complexity index is 841. The first-order valence-electron chi connectivity index (χ1n) is 7.26. The van der Waals surface area contributed by atoms with E-state index in [0.29, 0.717) is 23.6 Å². The van der Waals surface area contributed by atoms with Gasteiger partial charge in [0.25, 0.3) is 0 Å². The van der Waals surface area contributed by atoms with Gasteiger partial charge in [-0.25, -0.2) is 9.07 Å². The van der Waals surface area contributed by atoms with Crippen LogP contribution in [0.15, 0.2) is 48.5 Å². The molecular formula is C17H18FN5. The summed E-state index contributed by atoms with van der Waals surface area (Å²) in [5, 5.41) is 4.56. The highest BCUT2D eigenvalue weighted by atomic mass is 19.1. The largest absolute Gasteiger partial charge is 0.384 e. The third kappa shape index (κ3) is 2.81. The zero-order valence-corrected chi connectivity index (χ0v) is 12.5. The number of hydrogen-bond donors (Lipinski definition) is 3. The fraction of sp³-hybridized carbons (Fsp3) is 0.118. The van der Waals surface area contributed by atoms with Gasteiger partial charge in [0.15, 0.2) is 0 Å². The predicted molar refractivity (Wildman–Crippen MR) is 89.2 cm³/mol. The van der Waals surface area contributed by atoms with Crippen LogP contribution in [0.2, 0.25) is 0 Å². The topological polar surface area (TPSA) is 95.9 Å². The number of hydrogen-bond acceptors (Lipinski definition) is 4. The van der Waals surface area contributed by atoms with E-state index in [1.807, 2.05) is 24.3 Å². The SMILES string of the molecule is NCc1cc(F)ccc1-c1cc(N)n(-c2ccccc2CN)n1. The van der Waals surface area contributed by atoms with Crippen molar-refractivity contribution >= 4 is 5.82 Å². The van der Waals surface area contributed by atoms with Crippen LogP contribution in [0, 0.1) is 5.82 Å². The maximum Gasteiger partial charge on any atom is 0.127 e. The highest BCUT2D eigenvalue weighted by molar-refractivity contribution is 5.67. The molecule has 0 amide bonds. The molecule has 0 aliphatic heterocycles. The minimum atomic E-state index is -0.324. The van der Waals surface area contributed by atoms with E-state index in [0.717, 1.165) is 16.8 Å². The zero-order chi connectivity index (χ0) is 16.4. The van der Waals surface area contributed by atoms with Crippen molar-refractivity contribution in [2.75, 3.05) is 5.73 Å². The number of nitrogens with two attached hydrogens (primary N) is 3. The summed E-state index contributed by atoms with van der Waals surface area (Å²) < 4.78 is 15.0. The van der Waals surface area contributed by atoms with Crippen molar-refractivity contribution in [3.63, 3.8) is 0 Å². The van der Waals surface area contributed by atoms with Crippen molar-refractivity contribution in [3.05, 3.63) is 65.5 Å². The van der Waals surface area contributed by atoms with E-state index in [1.165, 1.54) is 12.1 Å². The van der Waals surface area contributed by atoms with Crippen LogP contribution < -0.4 is 17.2 Å². The number of nitrogens with zero attached hydrogens (tertiary/aromatic N) is 2. The highest BCUT2D eigenvalue weighted by Gasteiger charge is 2.14. The monoisotopic (exact) mass is 311 g/mol. The van der Waals surface area contributed by atoms with E-state index < -0.39 is 0 Å². The minimum absolute atomic E-state index is 0.221. The molecule has 0 aliphatic rings. The van der Waals surface area contributed by atoms with Gasteiger partial charge in [-0.2, -0.15) is 5.10 Å². The van der Waals surface area contributed by atoms with Gasteiger partial charge in [0, 0.05) is 24.7 Å². The Balaban J connectivity index is 2.12. The second-order valence-electron chi connectivity index (χ2n) is 5.20. The van der Waals surface area contributed by atoms with Crippen molar-refractivity contribution in [1.29, 1.82) is 0 Å². The van der Waals surface area contributed by atoms with Gasteiger partial charge in [-0.05, 0) is 35.4 Å². The summed E-state index contributed by atoms with van der Waals surface area (Å²) in [4.78, 5) is 0. The van der Waals surface area contributed by atoms with Crippen LogP contribution in [0.5, 0.6) is 0 Å². The van der Waals surface area contributed by atoms with Crippen LogP contribution in [0.1, 0.15) is 11.1 Å². The van der Waals surface area contributed by atoms with Gasteiger partial charge in [-0.15, -0.1) is 0 Å². The van der Waals surface area contributed by atoms with E-state index in [2.05, 4.69) is 5.10 Å². The third-order valence-electron chi connectivity index (χ3n) is 3.74. The third-order valence-corrected chi connectivity index (χ3v) is 3.74. The number of halogens is 1. The van der Waals surface area contributed by atoms with Gasteiger partial charge >= 0.3 is 0 Å². The Morgan fingerprint density at radius 1 is 0.957 bits per heavy atom. The molecule has 118 valence electrons. The normalized spacial score (nSPS) is 10.9. The standard InChI is InChI=1S/C17H18FN5/c18-13-5-6-14(12(7-13)10-20)15-8-17(21)23(22-15)16-4-2-1-3-11(16)9-19/h1-8H,9-10,19-21H2. The molecule has 3 aromatic rings. The average Bonchev–Trinajstić information content (AvgIpc) is 2.96. The average molecular weight is 311 g/mol. The Morgan fingerprint density at radius 2 is 1.70 bits per heavy atom. The van der Waals surface area contributed by atoms with Crippen LogP contribution in [0.4, 0.5) is 10.2 Å². The van der Waals surface area contributed by atoms with Gasteiger partial charge in [0.2, 0.25) is 0 Å². The molecule has 0 atom stereocenters. The minimum Gasteiger partial charge on any atom is -0.384 e. The molecule has 0 unspecified atom stereocenters. The first-order valence-corrected chi connectivity index (χ1v) is 7.26. The molecule has 5 nitrogen and oxygen atoms in total. The Morgan fingerprint density at radius 3 is 2.43 bits per heavy atom. The summed E-state index contributed by atoms with van der Waals surface area (Å²) in [7, 11) is 0. The van der Waals surface area contributed by atoms with Gasteiger partial charge < -0.3 is 17.2 Å². The number of benzene rings is 2. The molecule has 0 aliphatic carbocycles. The summed E-state index contributed by atoms with van der Waals surface area (Å²) in [5.41, 5.74) is 21.5. The van der Waals surface area contributed by atoms with Crippen molar-refractivity contribution < 1.29 is 4.39 Å². The summed E-state index contributed by atoms with van der Waals surface area (Å²) >= 11 is 0. The molecule has 0 radical (unpaired) electrons. The van der Waals surface area contributed by atoms with E-state index in [-0.39, 0.29) is 12.4 Å². The van der Waals surface area contributed by atoms with Crippen molar-refractivity contribution in [2.45, 2.75) is 13.1 Å². The smallest absolute Gasteiger partial charge is 0.127 e. The first kappa shape index (κ1) is 15.2. The molecule has 3 rings (SSSR count). The van der Waals surface area contributed by atoms with Crippen molar-refractivity contribution in [2.24, 2.45) is 11.5 Å². The molecule has 23 heavy (non-hydrogen) atoms. The molecule has 6 N–H and O–H groups in total. The van der Waals surface area contributed by atoms with Crippen molar-refractivity contribution in [3.8, 4) is 16.9 Å². The number of para-hydroxylation sites is 1. The van der Waals surface area contributed by atoms with Gasteiger partial charge in [-0.1, -0.05) is 18.2 Å². The maximum atomic E-state index is 13.4. The summed E-state index contributed by atoms with van der Waals surface area (Å²) in [6, 6.07) is 13.9. The van der Waals surface area contributed by atoms with E-state index >= 15 is 0 Å². The number of rotatable bonds is 4. The first-order chi connectivity index (χ1) is 11.1. The quantitative estimate of drug-likeness (QED) is 0.688. The fourth-order valence-electron chi connectivity index (χ4n) is 2.59. The van der Waals surface area contributed by atoms with E-state index in [1.54, 1.807) is 16.8 Å². The lowest BCUT2D eigenvalue weighted by molar-refractivity contribution is 0.625. The number of aromatic nitrogens is 2. The lowest BCUT2D eigenvalue weighted by Crippen LogP contribution is -2.08. The van der Waals surface area contributed by atoms with Gasteiger partial charge in [0.1, 0.15) is 11.6 Å². The molecule has 1 aromatic heterocycles. The summed E-state index contributed by atoms with van der Waals surface area (Å²) in [5.74, 6) is 0.156. The second-order valence-corrected chi connectivity index (χ2v) is 5.20. The predicted octanol–water partition coefficient (Wildman–Crippen LogP) is 2.18. The highest BCUT2D eigenvalue weighted by Crippen LogP contribution is 2.27. The Kier molecular flexibility index (Phi) is 4.10. The van der Waals surface area contributed by atoms with Crippen LogP contribution in [0.3, 0.4) is 0 Å². The molecule has 1 heterocycles. The summed E-state index contributed by atoms with van der Waals surface area (Å²) in [6.07, 6.45) is 0. The van der Waals surface area contributed by atoms with Crippen LogP contribution in [0.25, 0.3) is 16.9 Å². The lowest BCUT2D eigenvalue weighted by Gasteiger charge is -2.09. The second kappa shape index (κ2) is 6.20. The van der Waals surface area contributed by atoms with Crippen LogP contribution >= 0.6 is 0 Å². The molecule has 0 spiro atoms. The molecule has 2 aromatic carbocycles.